The quantitative estimate of drug-likeness (QED) is 0.581. The molecule has 0 radical (unpaired) electrons. The summed E-state index contributed by atoms with van der Waals surface area (Å²) in [6.45, 7) is 3.67. The maximum Gasteiger partial charge on any atom is 0.417 e. The molecule has 12 heteroatoms. The molecule has 1 aliphatic rings. The number of alkyl halides is 3. The highest BCUT2D eigenvalue weighted by molar-refractivity contribution is 7.92. The number of rotatable bonds is 5. The zero-order valence-corrected chi connectivity index (χ0v) is 20.9. The third-order valence-corrected chi connectivity index (χ3v) is 8.30. The predicted octanol–water partition coefficient (Wildman–Crippen LogP) is 4.70. The van der Waals surface area contributed by atoms with E-state index >= 15 is 0 Å². The summed E-state index contributed by atoms with van der Waals surface area (Å²) >= 11 is 0. The molecule has 0 spiro atoms. The standard InChI is InChI=1S/C23H27F4N3O4S/c1-12-16(24)8-7-15(19(12)33-5)18-13(2)22(3,23(25,26)27)34-20(18)21(31)30-14-9-10-29-17(11-14)35(6,32)28-4/h7-11,13,18,20H,1-6H3,(H,29,30,31)/t13-,18-,20+,22+,35+/m0/s1. The summed E-state index contributed by atoms with van der Waals surface area (Å²) in [7, 11) is -0.167. The van der Waals surface area contributed by atoms with Gasteiger partial charge < -0.3 is 14.8 Å². The van der Waals surface area contributed by atoms with Gasteiger partial charge in [-0.25, -0.2) is 17.9 Å². The van der Waals surface area contributed by atoms with E-state index in [0.29, 0.717) is 0 Å². The smallest absolute Gasteiger partial charge is 0.417 e. The fraction of sp³-hybridized carbons (Fsp3) is 0.478. The van der Waals surface area contributed by atoms with Gasteiger partial charge in [0.1, 0.15) is 22.7 Å². The molecule has 2 aromatic rings. The van der Waals surface area contributed by atoms with Gasteiger partial charge in [0, 0.05) is 48.2 Å². The van der Waals surface area contributed by atoms with Crippen LogP contribution in [0, 0.1) is 18.7 Å². The lowest BCUT2D eigenvalue weighted by molar-refractivity contribution is -0.272. The molecule has 1 aliphatic heterocycles. The van der Waals surface area contributed by atoms with E-state index in [0.717, 1.165) is 13.0 Å². The van der Waals surface area contributed by atoms with Gasteiger partial charge in [-0.2, -0.15) is 13.2 Å². The first kappa shape index (κ1) is 26.9. The molecule has 1 N–H and O–H groups in total. The summed E-state index contributed by atoms with van der Waals surface area (Å²) in [4.78, 5) is 17.3. The summed E-state index contributed by atoms with van der Waals surface area (Å²) in [5.74, 6) is -3.73. The number of anilines is 1. The number of nitrogens with one attached hydrogen (secondary N) is 1. The van der Waals surface area contributed by atoms with Crippen LogP contribution in [0.15, 0.2) is 39.9 Å². The van der Waals surface area contributed by atoms with Gasteiger partial charge in [0.15, 0.2) is 5.60 Å². The van der Waals surface area contributed by atoms with Gasteiger partial charge in [0.2, 0.25) is 0 Å². The molecular formula is C23H27F4N3O4S. The average molecular weight is 518 g/mol. The first-order chi connectivity index (χ1) is 16.2. The Kier molecular flexibility index (Phi) is 7.20. The molecule has 192 valence electrons. The van der Waals surface area contributed by atoms with Gasteiger partial charge in [-0.05, 0) is 32.0 Å². The zero-order valence-electron chi connectivity index (χ0n) is 20.1. The normalized spacial score (nSPS) is 26.2. The minimum atomic E-state index is -4.79. The number of ether oxygens (including phenoxy) is 2. The van der Waals surface area contributed by atoms with Gasteiger partial charge in [0.25, 0.3) is 5.91 Å². The number of methoxy groups -OCH3 is 1. The maximum absolute atomic E-state index is 14.2. The van der Waals surface area contributed by atoms with Crippen LogP contribution in [0.25, 0.3) is 0 Å². The van der Waals surface area contributed by atoms with Crippen molar-refractivity contribution in [3.8, 4) is 5.75 Å². The monoisotopic (exact) mass is 517 g/mol. The summed E-state index contributed by atoms with van der Waals surface area (Å²) in [5.41, 5.74) is -2.16. The average Bonchev–Trinajstić information content (AvgIpc) is 3.07. The van der Waals surface area contributed by atoms with Crippen molar-refractivity contribution in [2.75, 3.05) is 25.7 Å². The fourth-order valence-corrected chi connectivity index (χ4v) is 5.04. The number of hydrogen-bond acceptors (Lipinski definition) is 6. The molecule has 0 saturated carbocycles. The molecular weight excluding hydrogens is 490 g/mol. The molecule has 3 rings (SSSR count). The number of aromatic nitrogens is 1. The van der Waals surface area contributed by atoms with Crippen LogP contribution in [0.3, 0.4) is 0 Å². The summed E-state index contributed by atoms with van der Waals surface area (Å²) < 4.78 is 83.5. The van der Waals surface area contributed by atoms with Crippen molar-refractivity contribution in [1.29, 1.82) is 0 Å². The number of carbonyl (C=O) groups excluding carboxylic acids is 1. The topological polar surface area (TPSA) is 89.9 Å². The summed E-state index contributed by atoms with van der Waals surface area (Å²) in [5, 5.41) is 2.64. The second-order valence-corrected chi connectivity index (χ2v) is 11.0. The van der Waals surface area contributed by atoms with E-state index < -0.39 is 51.2 Å². The van der Waals surface area contributed by atoms with Crippen LogP contribution in [0.2, 0.25) is 0 Å². The van der Waals surface area contributed by atoms with Crippen LogP contribution >= 0.6 is 0 Å². The van der Waals surface area contributed by atoms with Crippen LogP contribution in [0.4, 0.5) is 23.2 Å². The van der Waals surface area contributed by atoms with Gasteiger partial charge in [-0.3, -0.25) is 4.79 Å². The third-order valence-electron chi connectivity index (χ3n) is 6.60. The Labute approximate surface area is 201 Å². The molecule has 1 aromatic heterocycles. The maximum atomic E-state index is 14.2. The number of hydrogen-bond donors (Lipinski definition) is 1. The largest absolute Gasteiger partial charge is 0.496 e. The van der Waals surface area contributed by atoms with E-state index in [1.165, 1.54) is 58.7 Å². The van der Waals surface area contributed by atoms with Crippen molar-refractivity contribution >= 4 is 21.3 Å². The van der Waals surface area contributed by atoms with Crippen LogP contribution in [0.5, 0.6) is 5.75 Å². The molecule has 0 unspecified atom stereocenters. The number of halogens is 4. The first-order valence-electron chi connectivity index (χ1n) is 10.6. The summed E-state index contributed by atoms with van der Waals surface area (Å²) in [6.07, 6.45) is -3.70. The summed E-state index contributed by atoms with van der Waals surface area (Å²) in [6, 6.07) is 5.19. The zero-order chi connectivity index (χ0) is 26.3. The van der Waals surface area contributed by atoms with Crippen LogP contribution in [-0.2, 0) is 19.3 Å². The second kappa shape index (κ2) is 9.38. The fourth-order valence-electron chi connectivity index (χ4n) is 4.25. The minimum Gasteiger partial charge on any atom is -0.496 e. The Bertz CT molecular complexity index is 1260. The van der Waals surface area contributed by atoms with Crippen molar-refractivity contribution in [3.63, 3.8) is 0 Å². The first-order valence-corrected chi connectivity index (χ1v) is 12.5. The predicted molar refractivity (Wildman–Crippen MR) is 122 cm³/mol. The van der Waals surface area contributed by atoms with Crippen LogP contribution in [0.1, 0.15) is 30.9 Å². The lowest BCUT2D eigenvalue weighted by Gasteiger charge is -2.32. The molecule has 0 aliphatic carbocycles. The number of pyridine rings is 1. The van der Waals surface area contributed by atoms with E-state index in [1.807, 2.05) is 0 Å². The van der Waals surface area contributed by atoms with Crippen molar-refractivity contribution in [3.05, 3.63) is 47.4 Å². The highest BCUT2D eigenvalue weighted by atomic mass is 32.2. The Hall–Kier alpha value is -2.73. The number of nitrogens with zero attached hydrogens (tertiary/aromatic N) is 2. The Morgan fingerprint density at radius 3 is 2.54 bits per heavy atom. The molecule has 7 nitrogen and oxygen atoms in total. The van der Waals surface area contributed by atoms with Crippen molar-refractivity contribution in [1.82, 2.24) is 4.98 Å². The SMILES string of the molecule is CN=[S@](C)(=O)c1cc(NC(=O)[C@@H]2O[C@@](C)(C(F)(F)F)[C@@H](C)[C@H]2c2ccc(F)c(C)c2OC)ccn1. The molecule has 1 aromatic carbocycles. The van der Waals surface area contributed by atoms with E-state index in [1.54, 1.807) is 0 Å². The minimum absolute atomic E-state index is 0.0520. The molecule has 0 bridgehead atoms. The number of amides is 1. The van der Waals surface area contributed by atoms with Crippen LogP contribution in [-0.4, -0.2) is 53.4 Å². The van der Waals surface area contributed by atoms with E-state index in [-0.39, 0.29) is 27.6 Å². The van der Waals surface area contributed by atoms with Crippen molar-refractivity contribution < 1.29 is 36.0 Å². The third kappa shape index (κ3) is 4.73. The van der Waals surface area contributed by atoms with Gasteiger partial charge in [0.05, 0.1) is 16.8 Å². The molecule has 5 atom stereocenters. The number of benzene rings is 1. The molecule has 35 heavy (non-hydrogen) atoms. The Morgan fingerprint density at radius 2 is 1.97 bits per heavy atom. The van der Waals surface area contributed by atoms with Gasteiger partial charge in [-0.1, -0.05) is 13.0 Å². The van der Waals surface area contributed by atoms with Gasteiger partial charge >= 0.3 is 6.18 Å². The highest BCUT2D eigenvalue weighted by Crippen LogP contribution is 2.55. The van der Waals surface area contributed by atoms with Crippen molar-refractivity contribution in [2.45, 2.75) is 49.6 Å². The van der Waals surface area contributed by atoms with Gasteiger partial charge in [-0.15, -0.1) is 0 Å². The Balaban J connectivity index is 2.08. The van der Waals surface area contributed by atoms with E-state index in [4.69, 9.17) is 9.47 Å². The molecule has 1 saturated heterocycles. The van der Waals surface area contributed by atoms with E-state index in [9.17, 15) is 26.6 Å². The van der Waals surface area contributed by atoms with E-state index in [2.05, 4.69) is 14.7 Å². The lowest BCUT2D eigenvalue weighted by atomic mass is 9.76. The Morgan fingerprint density at radius 1 is 1.31 bits per heavy atom. The molecule has 1 fully saturated rings. The molecule has 1 amide bonds. The number of carbonyl (C=O) groups is 1. The van der Waals surface area contributed by atoms with Crippen LogP contribution < -0.4 is 10.1 Å². The highest BCUT2D eigenvalue weighted by Gasteiger charge is 2.65. The van der Waals surface area contributed by atoms with Crippen molar-refractivity contribution in [2.24, 2.45) is 10.3 Å². The lowest BCUT2D eigenvalue weighted by Crippen LogP contribution is -2.47. The molecule has 2 heterocycles. The second-order valence-electron chi connectivity index (χ2n) is 8.61.